The van der Waals surface area contributed by atoms with Gasteiger partial charge >= 0.3 is 5.97 Å². The van der Waals surface area contributed by atoms with E-state index in [0.717, 1.165) is 0 Å². The topological polar surface area (TPSA) is 86.6 Å². The van der Waals surface area contributed by atoms with Crippen LogP contribution in [0.4, 0.5) is 0 Å². The van der Waals surface area contributed by atoms with Crippen LogP contribution >= 0.6 is 0 Å². The minimum Gasteiger partial charge on any atom is -0.508 e. The zero-order chi connectivity index (χ0) is 12.0. The minimum atomic E-state index is -1.02. The third kappa shape index (κ3) is 3.70. The van der Waals surface area contributed by atoms with Crippen LogP contribution in [0.25, 0.3) is 0 Å². The number of benzene rings is 1. The first kappa shape index (κ1) is 12.2. The number of phenols is 1. The zero-order valence-corrected chi connectivity index (χ0v) is 8.59. The lowest BCUT2D eigenvalue weighted by atomic mass is 10.1. The Kier molecular flexibility index (Phi) is 4.47. The summed E-state index contributed by atoms with van der Waals surface area (Å²) in [4.78, 5) is 21.0. The smallest absolute Gasteiger partial charge is 0.321 e. The van der Waals surface area contributed by atoms with Crippen LogP contribution in [0, 0.1) is 0 Å². The Bertz CT molecular complexity index is 378. The lowest BCUT2D eigenvalue weighted by Gasteiger charge is -2.12. The average molecular weight is 223 g/mol. The third-order valence-electron chi connectivity index (χ3n) is 2.10. The molecule has 3 N–H and O–H groups in total. The van der Waals surface area contributed by atoms with Gasteiger partial charge in [-0.3, -0.25) is 10.1 Å². The van der Waals surface area contributed by atoms with Crippen molar-refractivity contribution in [2.75, 3.05) is 6.54 Å². The number of carboxylic acids is 1. The Morgan fingerprint density at radius 3 is 2.81 bits per heavy atom. The molecule has 0 aliphatic carbocycles. The summed E-state index contributed by atoms with van der Waals surface area (Å²) in [7, 11) is 0. The number of carbonyl (C=O) groups excluding carboxylic acids is 1. The first-order valence-electron chi connectivity index (χ1n) is 4.81. The number of carboxylic acid groups (broad SMARTS) is 1. The summed E-state index contributed by atoms with van der Waals surface area (Å²) in [6, 6.07) is 5.55. The molecule has 0 bridgehead atoms. The van der Waals surface area contributed by atoms with E-state index in [1.165, 1.54) is 12.1 Å². The van der Waals surface area contributed by atoms with Gasteiger partial charge in [-0.05, 0) is 24.1 Å². The molecule has 0 saturated heterocycles. The van der Waals surface area contributed by atoms with E-state index < -0.39 is 12.0 Å². The SMILES string of the molecule is O=CCNC(Cc1cccc(O)c1)C(=O)O. The molecule has 1 unspecified atom stereocenters. The van der Waals surface area contributed by atoms with Crippen molar-refractivity contribution in [1.29, 1.82) is 0 Å². The first-order chi connectivity index (χ1) is 7.63. The van der Waals surface area contributed by atoms with E-state index in [2.05, 4.69) is 5.32 Å². The number of phenolic OH excluding ortho intramolecular Hbond substituents is 1. The highest BCUT2D eigenvalue weighted by Gasteiger charge is 2.16. The number of aldehydes is 1. The van der Waals surface area contributed by atoms with Crippen LogP contribution < -0.4 is 5.32 Å². The van der Waals surface area contributed by atoms with Crippen LogP contribution in [0.2, 0.25) is 0 Å². The molecule has 86 valence electrons. The summed E-state index contributed by atoms with van der Waals surface area (Å²) < 4.78 is 0. The molecule has 0 aliphatic heterocycles. The first-order valence-corrected chi connectivity index (χ1v) is 4.81. The summed E-state index contributed by atoms with van der Waals surface area (Å²) in [6.45, 7) is -0.00418. The van der Waals surface area contributed by atoms with E-state index >= 15 is 0 Å². The van der Waals surface area contributed by atoms with Gasteiger partial charge in [0.1, 0.15) is 18.1 Å². The van der Waals surface area contributed by atoms with Crippen molar-refractivity contribution < 1.29 is 19.8 Å². The van der Waals surface area contributed by atoms with Crippen molar-refractivity contribution >= 4 is 12.3 Å². The van der Waals surface area contributed by atoms with Gasteiger partial charge in [-0.1, -0.05) is 12.1 Å². The molecule has 0 heterocycles. The van der Waals surface area contributed by atoms with Crippen LogP contribution in [-0.4, -0.2) is 35.1 Å². The van der Waals surface area contributed by atoms with Crippen molar-refractivity contribution in [3.63, 3.8) is 0 Å². The predicted octanol–water partition coefficient (Wildman–Crippen LogP) is 0.176. The van der Waals surface area contributed by atoms with Gasteiger partial charge in [0.25, 0.3) is 0 Å². The van der Waals surface area contributed by atoms with Crippen molar-refractivity contribution in [1.82, 2.24) is 5.32 Å². The maximum Gasteiger partial charge on any atom is 0.321 e. The molecular formula is C11H13NO4. The second kappa shape index (κ2) is 5.87. The minimum absolute atomic E-state index is 0.00418. The highest BCUT2D eigenvalue weighted by atomic mass is 16.4. The van der Waals surface area contributed by atoms with Gasteiger partial charge in [-0.15, -0.1) is 0 Å². The molecular weight excluding hydrogens is 210 g/mol. The molecule has 1 rings (SSSR count). The van der Waals surface area contributed by atoms with Gasteiger partial charge in [0.05, 0.1) is 6.54 Å². The van der Waals surface area contributed by atoms with E-state index in [9.17, 15) is 14.7 Å². The fraction of sp³-hybridized carbons (Fsp3) is 0.273. The highest BCUT2D eigenvalue weighted by Crippen LogP contribution is 2.12. The number of carbonyl (C=O) groups is 2. The van der Waals surface area contributed by atoms with Crippen molar-refractivity contribution in [2.24, 2.45) is 0 Å². The molecule has 1 aromatic rings. The Hall–Kier alpha value is -1.88. The maximum atomic E-state index is 10.9. The van der Waals surface area contributed by atoms with Crippen LogP contribution in [-0.2, 0) is 16.0 Å². The van der Waals surface area contributed by atoms with Crippen LogP contribution in [0.3, 0.4) is 0 Å². The van der Waals surface area contributed by atoms with E-state index in [1.807, 2.05) is 0 Å². The number of hydrogen-bond acceptors (Lipinski definition) is 4. The molecule has 0 radical (unpaired) electrons. The molecule has 5 heteroatoms. The molecule has 0 aliphatic rings. The number of rotatable bonds is 6. The fourth-order valence-corrected chi connectivity index (χ4v) is 1.36. The summed E-state index contributed by atoms with van der Waals surface area (Å²) in [5, 5.41) is 20.7. The predicted molar refractivity (Wildman–Crippen MR) is 57.3 cm³/mol. The van der Waals surface area contributed by atoms with E-state index in [-0.39, 0.29) is 18.7 Å². The van der Waals surface area contributed by atoms with Gasteiger partial charge in [-0.2, -0.15) is 0 Å². The molecule has 0 amide bonds. The van der Waals surface area contributed by atoms with Crippen molar-refractivity contribution in [3.05, 3.63) is 29.8 Å². The lowest BCUT2D eigenvalue weighted by Crippen LogP contribution is -2.39. The molecule has 16 heavy (non-hydrogen) atoms. The van der Waals surface area contributed by atoms with Crippen LogP contribution in [0.15, 0.2) is 24.3 Å². The Balaban J connectivity index is 2.67. The molecule has 0 fully saturated rings. The molecule has 1 aromatic carbocycles. The molecule has 0 aromatic heterocycles. The number of aromatic hydroxyl groups is 1. The monoisotopic (exact) mass is 223 g/mol. The fourth-order valence-electron chi connectivity index (χ4n) is 1.36. The molecule has 5 nitrogen and oxygen atoms in total. The molecule has 0 spiro atoms. The summed E-state index contributed by atoms with van der Waals surface area (Å²) in [5.41, 5.74) is 0.700. The van der Waals surface area contributed by atoms with E-state index in [1.54, 1.807) is 12.1 Å². The van der Waals surface area contributed by atoms with Gasteiger partial charge < -0.3 is 15.0 Å². The Morgan fingerprint density at radius 1 is 1.50 bits per heavy atom. The maximum absolute atomic E-state index is 10.9. The van der Waals surface area contributed by atoms with Gasteiger partial charge in [0, 0.05) is 0 Å². The number of nitrogens with one attached hydrogen (secondary N) is 1. The number of hydrogen-bond donors (Lipinski definition) is 3. The summed E-state index contributed by atoms with van der Waals surface area (Å²) in [5.74, 6) is -0.929. The Morgan fingerprint density at radius 2 is 2.25 bits per heavy atom. The standard InChI is InChI=1S/C11H13NO4/c13-5-4-12-10(11(15)16)7-8-2-1-3-9(14)6-8/h1-3,5-6,10,12,14H,4,7H2,(H,15,16). The highest BCUT2D eigenvalue weighted by molar-refractivity contribution is 5.74. The third-order valence-corrected chi connectivity index (χ3v) is 2.10. The van der Waals surface area contributed by atoms with Crippen LogP contribution in [0.1, 0.15) is 5.56 Å². The van der Waals surface area contributed by atoms with Crippen LogP contribution in [0.5, 0.6) is 5.75 Å². The molecule has 1 atom stereocenters. The summed E-state index contributed by atoms with van der Waals surface area (Å²) in [6.07, 6.45) is 0.829. The van der Waals surface area contributed by atoms with Gasteiger partial charge in [0.2, 0.25) is 0 Å². The van der Waals surface area contributed by atoms with Crippen molar-refractivity contribution in [2.45, 2.75) is 12.5 Å². The van der Waals surface area contributed by atoms with E-state index in [4.69, 9.17) is 5.11 Å². The van der Waals surface area contributed by atoms with Gasteiger partial charge in [0.15, 0.2) is 0 Å². The second-order valence-electron chi connectivity index (χ2n) is 3.34. The lowest BCUT2D eigenvalue weighted by molar-refractivity contribution is -0.139. The van der Waals surface area contributed by atoms with Gasteiger partial charge in [-0.25, -0.2) is 0 Å². The second-order valence-corrected chi connectivity index (χ2v) is 3.34. The quantitative estimate of drug-likeness (QED) is 0.599. The normalized spacial score (nSPS) is 12.0. The zero-order valence-electron chi connectivity index (χ0n) is 8.59. The Labute approximate surface area is 92.7 Å². The average Bonchev–Trinajstić information content (AvgIpc) is 2.24. The number of aliphatic carboxylic acids is 1. The van der Waals surface area contributed by atoms with E-state index in [0.29, 0.717) is 11.8 Å². The van der Waals surface area contributed by atoms with Crippen molar-refractivity contribution in [3.8, 4) is 5.75 Å². The summed E-state index contributed by atoms with van der Waals surface area (Å²) >= 11 is 0. The molecule has 0 saturated carbocycles. The largest absolute Gasteiger partial charge is 0.508 e.